The molecule has 0 saturated heterocycles. The van der Waals surface area contributed by atoms with Gasteiger partial charge in [0, 0.05) is 30.8 Å². The Hall–Kier alpha value is -2.25. The molecule has 1 fully saturated rings. The maximum absolute atomic E-state index is 12.0. The highest BCUT2D eigenvalue weighted by Crippen LogP contribution is 2.38. The fourth-order valence-electron chi connectivity index (χ4n) is 2.36. The van der Waals surface area contributed by atoms with Crippen molar-refractivity contribution in [1.29, 1.82) is 0 Å². The molecule has 4 N–H and O–H groups in total. The molecule has 122 valence electrons. The van der Waals surface area contributed by atoms with Crippen LogP contribution >= 0.6 is 0 Å². The normalized spacial score (nSPS) is 15.4. The van der Waals surface area contributed by atoms with Gasteiger partial charge in [-0.15, -0.1) is 0 Å². The van der Waals surface area contributed by atoms with Crippen LogP contribution < -0.4 is 11.1 Å². The SMILES string of the molecule is COC(CN)CC(=O)Nc1cccc(-c2n[nH]c(C3CC3)n2)c1. The summed E-state index contributed by atoms with van der Waals surface area (Å²) in [6, 6.07) is 7.49. The third kappa shape index (κ3) is 3.94. The summed E-state index contributed by atoms with van der Waals surface area (Å²) in [4.78, 5) is 16.5. The van der Waals surface area contributed by atoms with Crippen LogP contribution in [0.2, 0.25) is 0 Å². The number of nitrogens with zero attached hydrogens (tertiary/aromatic N) is 2. The number of aromatic amines is 1. The fraction of sp³-hybridized carbons (Fsp3) is 0.438. The Kier molecular flexibility index (Phi) is 4.68. The minimum absolute atomic E-state index is 0.131. The summed E-state index contributed by atoms with van der Waals surface area (Å²) < 4.78 is 5.12. The van der Waals surface area contributed by atoms with E-state index >= 15 is 0 Å². The first-order chi connectivity index (χ1) is 11.2. The standard InChI is InChI=1S/C16H21N5O2/c1-23-13(9-17)8-14(22)18-12-4-2-3-11(7-12)16-19-15(20-21-16)10-5-6-10/h2-4,7,10,13H,5-6,8-9,17H2,1H3,(H,18,22)(H,19,20,21). The van der Waals surface area contributed by atoms with Crippen molar-refractivity contribution in [2.24, 2.45) is 5.73 Å². The average Bonchev–Trinajstić information content (AvgIpc) is 3.30. The number of aromatic nitrogens is 3. The van der Waals surface area contributed by atoms with Gasteiger partial charge in [-0.05, 0) is 25.0 Å². The molecule has 0 bridgehead atoms. The van der Waals surface area contributed by atoms with E-state index in [1.54, 1.807) is 7.11 Å². The van der Waals surface area contributed by atoms with Crippen LogP contribution in [0.1, 0.15) is 31.0 Å². The van der Waals surface area contributed by atoms with Crippen molar-refractivity contribution < 1.29 is 9.53 Å². The van der Waals surface area contributed by atoms with E-state index in [1.165, 1.54) is 12.8 Å². The number of hydrogen-bond donors (Lipinski definition) is 3. The summed E-state index contributed by atoms with van der Waals surface area (Å²) in [5.41, 5.74) is 7.11. The van der Waals surface area contributed by atoms with E-state index in [0.29, 0.717) is 24.0 Å². The predicted molar refractivity (Wildman–Crippen MR) is 86.9 cm³/mol. The quantitative estimate of drug-likeness (QED) is 0.720. The van der Waals surface area contributed by atoms with Crippen molar-refractivity contribution in [3.63, 3.8) is 0 Å². The van der Waals surface area contributed by atoms with Crippen LogP contribution in [-0.2, 0) is 9.53 Å². The average molecular weight is 315 g/mol. The Morgan fingerprint density at radius 3 is 3.04 bits per heavy atom. The molecule has 1 aliphatic carbocycles. The lowest BCUT2D eigenvalue weighted by Crippen LogP contribution is -2.28. The Morgan fingerprint density at radius 1 is 1.52 bits per heavy atom. The van der Waals surface area contributed by atoms with Crippen molar-refractivity contribution in [1.82, 2.24) is 15.2 Å². The summed E-state index contributed by atoms with van der Waals surface area (Å²) in [5.74, 6) is 1.99. The second-order valence-electron chi connectivity index (χ2n) is 5.75. The molecule has 0 spiro atoms. The number of H-pyrrole nitrogens is 1. The first kappa shape index (κ1) is 15.6. The molecule has 1 atom stereocenters. The highest BCUT2D eigenvalue weighted by atomic mass is 16.5. The van der Waals surface area contributed by atoms with E-state index in [4.69, 9.17) is 10.5 Å². The van der Waals surface area contributed by atoms with E-state index in [1.807, 2.05) is 24.3 Å². The van der Waals surface area contributed by atoms with Crippen LogP contribution in [0.3, 0.4) is 0 Å². The van der Waals surface area contributed by atoms with E-state index in [0.717, 1.165) is 11.4 Å². The van der Waals surface area contributed by atoms with Crippen LogP contribution in [0.25, 0.3) is 11.4 Å². The number of amides is 1. The number of benzene rings is 1. The molecule has 1 aromatic heterocycles. The molecule has 0 aliphatic heterocycles. The Bertz CT molecular complexity index is 677. The van der Waals surface area contributed by atoms with Crippen molar-refractivity contribution in [3.8, 4) is 11.4 Å². The number of ether oxygens (including phenoxy) is 1. The summed E-state index contributed by atoms with van der Waals surface area (Å²) in [6.45, 7) is 0.311. The van der Waals surface area contributed by atoms with Gasteiger partial charge in [-0.2, -0.15) is 5.10 Å². The largest absolute Gasteiger partial charge is 0.380 e. The van der Waals surface area contributed by atoms with Crippen LogP contribution in [0, 0.1) is 0 Å². The van der Waals surface area contributed by atoms with Gasteiger partial charge in [-0.3, -0.25) is 9.89 Å². The van der Waals surface area contributed by atoms with E-state index in [9.17, 15) is 4.79 Å². The molecule has 3 rings (SSSR count). The minimum Gasteiger partial charge on any atom is -0.380 e. The third-order valence-corrected chi connectivity index (χ3v) is 3.88. The lowest BCUT2D eigenvalue weighted by Gasteiger charge is -2.12. The van der Waals surface area contributed by atoms with Gasteiger partial charge >= 0.3 is 0 Å². The third-order valence-electron chi connectivity index (χ3n) is 3.88. The first-order valence-corrected chi connectivity index (χ1v) is 7.75. The maximum atomic E-state index is 12.0. The van der Waals surface area contributed by atoms with Gasteiger partial charge in [0.15, 0.2) is 5.82 Å². The van der Waals surface area contributed by atoms with Gasteiger partial charge < -0.3 is 15.8 Å². The number of anilines is 1. The Labute approximate surface area is 134 Å². The molecule has 1 aromatic carbocycles. The molecule has 7 heteroatoms. The molecular weight excluding hydrogens is 294 g/mol. The number of nitrogens with one attached hydrogen (secondary N) is 2. The molecule has 2 aromatic rings. The van der Waals surface area contributed by atoms with Gasteiger partial charge in [0.05, 0.1) is 12.5 Å². The highest BCUT2D eigenvalue weighted by Gasteiger charge is 2.27. The maximum Gasteiger partial charge on any atom is 0.227 e. The molecule has 1 unspecified atom stereocenters. The number of methoxy groups -OCH3 is 1. The van der Waals surface area contributed by atoms with E-state index in [2.05, 4.69) is 20.5 Å². The molecule has 0 radical (unpaired) electrons. The number of carbonyl (C=O) groups is 1. The topological polar surface area (TPSA) is 106 Å². The van der Waals surface area contributed by atoms with E-state index in [-0.39, 0.29) is 18.4 Å². The summed E-state index contributed by atoms with van der Waals surface area (Å²) in [5, 5.41) is 10.1. The smallest absolute Gasteiger partial charge is 0.227 e. The van der Waals surface area contributed by atoms with Crippen molar-refractivity contribution in [3.05, 3.63) is 30.1 Å². The van der Waals surface area contributed by atoms with Gasteiger partial charge in [-0.25, -0.2) is 4.98 Å². The lowest BCUT2D eigenvalue weighted by atomic mass is 10.2. The van der Waals surface area contributed by atoms with Gasteiger partial charge in [-0.1, -0.05) is 12.1 Å². The van der Waals surface area contributed by atoms with Crippen LogP contribution in [0.15, 0.2) is 24.3 Å². The summed E-state index contributed by atoms with van der Waals surface area (Å²) >= 11 is 0. The van der Waals surface area contributed by atoms with E-state index < -0.39 is 0 Å². The number of hydrogen-bond acceptors (Lipinski definition) is 5. The molecule has 1 aliphatic rings. The molecule has 1 amide bonds. The second-order valence-corrected chi connectivity index (χ2v) is 5.75. The lowest BCUT2D eigenvalue weighted by molar-refractivity contribution is -0.118. The monoisotopic (exact) mass is 315 g/mol. The van der Waals surface area contributed by atoms with Crippen molar-refractivity contribution in [2.45, 2.75) is 31.3 Å². The molecule has 1 saturated carbocycles. The van der Waals surface area contributed by atoms with Gasteiger partial charge in [0.1, 0.15) is 5.82 Å². The molecular formula is C16H21N5O2. The van der Waals surface area contributed by atoms with Crippen LogP contribution in [0.5, 0.6) is 0 Å². The van der Waals surface area contributed by atoms with Gasteiger partial charge in [0.2, 0.25) is 5.91 Å². The van der Waals surface area contributed by atoms with Crippen molar-refractivity contribution in [2.75, 3.05) is 19.0 Å². The summed E-state index contributed by atoms with van der Waals surface area (Å²) in [7, 11) is 1.55. The molecule has 7 nitrogen and oxygen atoms in total. The Balaban J connectivity index is 1.67. The zero-order valence-corrected chi connectivity index (χ0v) is 13.1. The number of nitrogens with two attached hydrogens (primary N) is 1. The van der Waals surface area contributed by atoms with Crippen LogP contribution in [0.4, 0.5) is 5.69 Å². The Morgan fingerprint density at radius 2 is 2.35 bits per heavy atom. The summed E-state index contributed by atoms with van der Waals surface area (Å²) in [6.07, 6.45) is 2.30. The number of carbonyl (C=O) groups excluding carboxylic acids is 1. The predicted octanol–water partition coefficient (Wildman–Crippen LogP) is 1.65. The number of rotatable bonds is 7. The molecule has 23 heavy (non-hydrogen) atoms. The molecule has 1 heterocycles. The van der Waals surface area contributed by atoms with Gasteiger partial charge in [0.25, 0.3) is 0 Å². The first-order valence-electron chi connectivity index (χ1n) is 7.75. The van der Waals surface area contributed by atoms with Crippen LogP contribution in [-0.4, -0.2) is 40.8 Å². The fourth-order valence-corrected chi connectivity index (χ4v) is 2.36. The highest BCUT2D eigenvalue weighted by molar-refractivity contribution is 5.91. The zero-order valence-electron chi connectivity index (χ0n) is 13.1. The van der Waals surface area contributed by atoms with Crippen molar-refractivity contribution >= 4 is 11.6 Å². The minimum atomic E-state index is -0.271. The second kappa shape index (κ2) is 6.89. The zero-order chi connectivity index (χ0) is 16.2.